The minimum Gasteiger partial charge on any atom is -0.209 e. The lowest BCUT2D eigenvalue weighted by molar-refractivity contribution is 0.0570. The summed E-state index contributed by atoms with van der Waals surface area (Å²) in [6, 6.07) is 0. The van der Waals surface area contributed by atoms with Crippen molar-refractivity contribution in [1.29, 1.82) is 0 Å². The molecule has 9 heavy (non-hydrogen) atoms. The third-order valence-corrected chi connectivity index (χ3v) is 0.993. The van der Waals surface area contributed by atoms with Gasteiger partial charge in [-0.25, -0.2) is 8.78 Å². The van der Waals surface area contributed by atoms with Crippen LogP contribution in [-0.2, 0) is 0 Å². The van der Waals surface area contributed by atoms with Gasteiger partial charge in [-0.15, -0.1) is 5.92 Å². The Hall–Kier alpha value is -0.580. The Morgan fingerprint density at radius 3 is 1.89 bits per heavy atom. The van der Waals surface area contributed by atoms with E-state index in [2.05, 4.69) is 11.8 Å². The molecule has 0 saturated carbocycles. The molecule has 0 spiro atoms. The minimum atomic E-state index is -2.36. The van der Waals surface area contributed by atoms with Crippen molar-refractivity contribution in [2.75, 3.05) is 0 Å². The van der Waals surface area contributed by atoms with E-state index in [0.29, 0.717) is 0 Å². The second-order valence-electron chi connectivity index (χ2n) is 2.40. The number of halogens is 2. The third-order valence-electron chi connectivity index (χ3n) is 0.993. The Kier molecular flexibility index (Phi) is 2.64. The molecule has 0 atom stereocenters. The number of alkyl halides is 2. The molecule has 0 N–H and O–H groups in total. The molecule has 0 aromatic rings. The van der Waals surface area contributed by atoms with Gasteiger partial charge in [-0.1, -0.05) is 5.92 Å². The van der Waals surface area contributed by atoms with Crippen LogP contribution in [0.3, 0.4) is 0 Å². The van der Waals surface area contributed by atoms with E-state index < -0.39 is 11.8 Å². The Balaban J connectivity index is 4.13. The first kappa shape index (κ1) is 8.42. The fourth-order valence-electron chi connectivity index (χ4n) is 0.377. The van der Waals surface area contributed by atoms with E-state index >= 15 is 0 Å². The monoisotopic (exact) mass is 132 g/mol. The van der Waals surface area contributed by atoms with Crippen LogP contribution in [0.5, 0.6) is 0 Å². The molecule has 0 saturated heterocycles. The molecule has 0 aromatic carbocycles. The van der Waals surface area contributed by atoms with Crippen LogP contribution in [0.25, 0.3) is 0 Å². The molecule has 0 aliphatic carbocycles. The fraction of sp³-hybridized carbons (Fsp3) is 0.714. The summed E-state index contributed by atoms with van der Waals surface area (Å²) in [7, 11) is 0. The summed E-state index contributed by atoms with van der Waals surface area (Å²) in [5, 5.41) is 0. The van der Waals surface area contributed by atoms with Gasteiger partial charge in [0.15, 0.2) is 0 Å². The molecule has 0 amide bonds. The lowest BCUT2D eigenvalue weighted by atomic mass is 9.95. The maximum absolute atomic E-state index is 11.9. The summed E-state index contributed by atoms with van der Waals surface area (Å²) in [4.78, 5) is 0. The average molecular weight is 132 g/mol. The SMILES string of the molecule is CC#CC(C)(C)C(F)F. The van der Waals surface area contributed by atoms with Crippen LogP contribution in [0.4, 0.5) is 8.78 Å². The van der Waals surface area contributed by atoms with Gasteiger partial charge in [-0.3, -0.25) is 0 Å². The van der Waals surface area contributed by atoms with Crippen molar-refractivity contribution in [2.45, 2.75) is 27.2 Å². The minimum absolute atomic E-state index is 1.14. The molecule has 2 heteroatoms. The fourth-order valence-corrected chi connectivity index (χ4v) is 0.377. The van der Waals surface area contributed by atoms with E-state index in [9.17, 15) is 8.78 Å². The standard InChI is InChI=1S/C7H10F2/c1-4-5-7(2,3)6(8)9/h6H,1-3H3. The quantitative estimate of drug-likeness (QED) is 0.480. The lowest BCUT2D eigenvalue weighted by Crippen LogP contribution is -2.18. The highest BCUT2D eigenvalue weighted by molar-refractivity contribution is 5.07. The van der Waals surface area contributed by atoms with Crippen LogP contribution in [0, 0.1) is 17.3 Å². The van der Waals surface area contributed by atoms with Gasteiger partial charge in [0.1, 0.15) is 0 Å². The van der Waals surface area contributed by atoms with Crippen LogP contribution in [0.2, 0.25) is 0 Å². The van der Waals surface area contributed by atoms with Crippen molar-refractivity contribution in [3.63, 3.8) is 0 Å². The summed E-state index contributed by atoms with van der Waals surface area (Å²) in [5.74, 6) is 4.88. The van der Waals surface area contributed by atoms with Crippen molar-refractivity contribution in [2.24, 2.45) is 5.41 Å². The molecule has 0 radical (unpaired) electrons. The zero-order valence-electron chi connectivity index (χ0n) is 5.83. The van der Waals surface area contributed by atoms with Crippen LogP contribution in [0.15, 0.2) is 0 Å². The van der Waals surface area contributed by atoms with Gasteiger partial charge >= 0.3 is 0 Å². The number of rotatable bonds is 1. The second kappa shape index (κ2) is 2.82. The van der Waals surface area contributed by atoms with E-state index in [4.69, 9.17) is 0 Å². The zero-order valence-corrected chi connectivity index (χ0v) is 5.83. The lowest BCUT2D eigenvalue weighted by Gasteiger charge is -2.14. The highest BCUT2D eigenvalue weighted by Crippen LogP contribution is 2.22. The second-order valence-corrected chi connectivity index (χ2v) is 2.40. The smallest absolute Gasteiger partial charge is 0.209 e. The molecule has 0 fully saturated rings. The molecule has 52 valence electrons. The highest BCUT2D eigenvalue weighted by Gasteiger charge is 2.26. The first-order valence-corrected chi connectivity index (χ1v) is 2.73. The molecular formula is C7H10F2. The van der Waals surface area contributed by atoms with Gasteiger partial charge in [0.05, 0.1) is 5.41 Å². The van der Waals surface area contributed by atoms with Crippen LogP contribution >= 0.6 is 0 Å². The maximum atomic E-state index is 11.9. The van der Waals surface area contributed by atoms with Crippen molar-refractivity contribution in [1.82, 2.24) is 0 Å². The Morgan fingerprint density at radius 2 is 1.78 bits per heavy atom. The molecule has 0 unspecified atom stereocenters. The summed E-state index contributed by atoms with van der Waals surface area (Å²) in [6.45, 7) is 4.41. The third kappa shape index (κ3) is 2.46. The van der Waals surface area contributed by atoms with Gasteiger partial charge < -0.3 is 0 Å². The molecule has 0 rings (SSSR count). The Labute approximate surface area is 54.3 Å². The van der Waals surface area contributed by atoms with Gasteiger partial charge in [0.25, 0.3) is 6.43 Å². The molecule has 0 aliphatic heterocycles. The molecule has 0 heterocycles. The Bertz CT molecular complexity index is 137. The van der Waals surface area contributed by atoms with Crippen LogP contribution < -0.4 is 0 Å². The van der Waals surface area contributed by atoms with Crippen LogP contribution in [-0.4, -0.2) is 6.43 Å². The van der Waals surface area contributed by atoms with E-state index in [-0.39, 0.29) is 0 Å². The molecule has 0 aromatic heterocycles. The maximum Gasteiger partial charge on any atom is 0.254 e. The summed E-state index contributed by atoms with van der Waals surface area (Å²) < 4.78 is 23.8. The van der Waals surface area contributed by atoms with Crippen molar-refractivity contribution < 1.29 is 8.78 Å². The molecule has 0 bridgehead atoms. The van der Waals surface area contributed by atoms with Crippen molar-refractivity contribution in [3.05, 3.63) is 0 Å². The molecular weight excluding hydrogens is 122 g/mol. The highest BCUT2D eigenvalue weighted by atomic mass is 19.3. The Morgan fingerprint density at radius 1 is 1.33 bits per heavy atom. The van der Waals surface area contributed by atoms with E-state index in [1.807, 2.05) is 0 Å². The molecule has 0 aliphatic rings. The molecule has 0 nitrogen and oxygen atoms in total. The van der Waals surface area contributed by atoms with Crippen molar-refractivity contribution in [3.8, 4) is 11.8 Å². The topological polar surface area (TPSA) is 0 Å². The van der Waals surface area contributed by atoms with Crippen LogP contribution in [0.1, 0.15) is 20.8 Å². The predicted octanol–water partition coefficient (Wildman–Crippen LogP) is 2.30. The summed E-state index contributed by atoms with van der Waals surface area (Å²) in [5.41, 5.74) is -1.14. The van der Waals surface area contributed by atoms with Gasteiger partial charge in [-0.2, -0.15) is 0 Å². The van der Waals surface area contributed by atoms with E-state index in [1.54, 1.807) is 6.92 Å². The summed E-state index contributed by atoms with van der Waals surface area (Å²) >= 11 is 0. The summed E-state index contributed by atoms with van der Waals surface area (Å²) in [6.07, 6.45) is -2.36. The predicted molar refractivity (Wildman–Crippen MR) is 33.2 cm³/mol. The van der Waals surface area contributed by atoms with Crippen molar-refractivity contribution >= 4 is 0 Å². The number of hydrogen-bond donors (Lipinski definition) is 0. The van der Waals surface area contributed by atoms with Gasteiger partial charge in [-0.05, 0) is 20.8 Å². The van der Waals surface area contributed by atoms with E-state index in [0.717, 1.165) is 0 Å². The van der Waals surface area contributed by atoms with Gasteiger partial charge in [0.2, 0.25) is 0 Å². The van der Waals surface area contributed by atoms with Gasteiger partial charge in [0, 0.05) is 0 Å². The largest absolute Gasteiger partial charge is 0.254 e. The first-order chi connectivity index (χ1) is 4.00. The average Bonchev–Trinajstić information content (AvgIpc) is 1.65. The first-order valence-electron chi connectivity index (χ1n) is 2.73. The van der Waals surface area contributed by atoms with E-state index in [1.165, 1.54) is 13.8 Å². The normalized spacial score (nSPS) is 10.9. The zero-order chi connectivity index (χ0) is 7.49. The number of hydrogen-bond acceptors (Lipinski definition) is 0.